The monoisotopic (exact) mass is 186 g/mol. The van der Waals surface area contributed by atoms with Gasteiger partial charge in [-0.05, 0) is 19.3 Å². The Balaban J connectivity index is 2.79. The molecule has 0 aliphatic heterocycles. The third kappa shape index (κ3) is 11.7. The van der Waals surface area contributed by atoms with Crippen molar-refractivity contribution >= 4 is 0 Å². The molecule has 2 nitrogen and oxygen atoms in total. The van der Waals surface area contributed by atoms with Crippen LogP contribution >= 0.6 is 0 Å². The molecule has 0 aliphatic rings. The number of unbranched alkanes of at least 4 members (excludes halogenated alkanes) is 5. The quantitative estimate of drug-likeness (QED) is 0.296. The number of hydrogen-bond donors (Lipinski definition) is 0. The average Bonchev–Trinajstić information content (AvgIpc) is 2.16. The van der Waals surface area contributed by atoms with Gasteiger partial charge in [0, 0.05) is 13.7 Å². The van der Waals surface area contributed by atoms with Crippen LogP contribution in [0.5, 0.6) is 0 Å². The smallest absolute Gasteiger partial charge is 0.146 e. The van der Waals surface area contributed by atoms with Gasteiger partial charge in [-0.25, -0.2) is 0 Å². The van der Waals surface area contributed by atoms with E-state index in [1.165, 1.54) is 25.7 Å². The third-order valence-electron chi connectivity index (χ3n) is 1.90. The Morgan fingerprint density at radius 1 is 1.08 bits per heavy atom. The molecule has 13 heavy (non-hydrogen) atoms. The van der Waals surface area contributed by atoms with Gasteiger partial charge in [0.25, 0.3) is 0 Å². The minimum Gasteiger partial charge on any atom is -0.359 e. The molecule has 0 aromatic carbocycles. The zero-order valence-electron chi connectivity index (χ0n) is 8.76. The van der Waals surface area contributed by atoms with Gasteiger partial charge in [0.1, 0.15) is 6.79 Å². The lowest BCUT2D eigenvalue weighted by Crippen LogP contribution is -1.98. The van der Waals surface area contributed by atoms with Crippen LogP contribution < -0.4 is 0 Å². The second-order valence-electron chi connectivity index (χ2n) is 3.16. The zero-order chi connectivity index (χ0) is 9.78. The summed E-state index contributed by atoms with van der Waals surface area (Å²) in [6, 6.07) is 0. The molecule has 0 fully saturated rings. The fourth-order valence-corrected chi connectivity index (χ4v) is 1.17. The van der Waals surface area contributed by atoms with Gasteiger partial charge < -0.3 is 9.47 Å². The molecule has 0 amide bonds. The molecule has 0 radical (unpaired) electrons. The molecule has 0 aromatic heterocycles. The van der Waals surface area contributed by atoms with Crippen molar-refractivity contribution in [3.63, 3.8) is 0 Å². The molecule has 0 N–H and O–H groups in total. The van der Waals surface area contributed by atoms with Crippen molar-refractivity contribution in [3.8, 4) is 0 Å². The summed E-state index contributed by atoms with van der Waals surface area (Å²) in [6.45, 7) is 4.95. The van der Waals surface area contributed by atoms with Crippen LogP contribution in [0.1, 0.15) is 38.5 Å². The average molecular weight is 186 g/mol. The van der Waals surface area contributed by atoms with Crippen molar-refractivity contribution in [3.05, 3.63) is 12.7 Å². The zero-order valence-corrected chi connectivity index (χ0v) is 8.76. The van der Waals surface area contributed by atoms with Gasteiger partial charge in [0.2, 0.25) is 0 Å². The first-order chi connectivity index (χ1) is 6.41. The van der Waals surface area contributed by atoms with Crippen molar-refractivity contribution in [1.29, 1.82) is 0 Å². The van der Waals surface area contributed by atoms with Gasteiger partial charge in [0.15, 0.2) is 0 Å². The highest BCUT2D eigenvalue weighted by molar-refractivity contribution is 4.65. The standard InChI is InChI=1S/C11H22O2/c1-3-4-5-6-7-8-9-10-13-11-12-2/h3H,1,4-11H2,2H3. The minimum atomic E-state index is 0.427. The normalized spacial score (nSPS) is 10.2. The fraction of sp³-hybridized carbons (Fsp3) is 0.818. The van der Waals surface area contributed by atoms with Gasteiger partial charge in [-0.2, -0.15) is 0 Å². The maximum absolute atomic E-state index is 5.17. The molecule has 0 aliphatic carbocycles. The number of allylic oxidation sites excluding steroid dienone is 1. The van der Waals surface area contributed by atoms with E-state index in [9.17, 15) is 0 Å². The topological polar surface area (TPSA) is 18.5 Å². The maximum Gasteiger partial charge on any atom is 0.146 e. The Bertz CT molecular complexity index is 102. The van der Waals surface area contributed by atoms with E-state index in [2.05, 4.69) is 6.58 Å². The number of hydrogen-bond acceptors (Lipinski definition) is 2. The third-order valence-corrected chi connectivity index (χ3v) is 1.90. The van der Waals surface area contributed by atoms with Crippen LogP contribution in [0, 0.1) is 0 Å². The number of ether oxygens (including phenoxy) is 2. The molecule has 0 spiro atoms. The van der Waals surface area contributed by atoms with Crippen molar-refractivity contribution in [2.75, 3.05) is 20.5 Å². The van der Waals surface area contributed by atoms with E-state index < -0.39 is 0 Å². The molecule has 0 unspecified atom stereocenters. The lowest BCUT2D eigenvalue weighted by molar-refractivity contribution is -0.0315. The predicted octanol–water partition coefficient (Wildman–Crippen LogP) is 3.13. The summed E-state index contributed by atoms with van der Waals surface area (Å²) in [7, 11) is 1.65. The summed E-state index contributed by atoms with van der Waals surface area (Å²) in [5, 5.41) is 0. The SMILES string of the molecule is C=CCCCCCCCOCOC. The van der Waals surface area contributed by atoms with Crippen molar-refractivity contribution in [1.82, 2.24) is 0 Å². The molecular weight excluding hydrogens is 164 g/mol. The molecule has 0 heterocycles. The summed E-state index contributed by atoms with van der Waals surface area (Å²) in [4.78, 5) is 0. The van der Waals surface area contributed by atoms with Crippen LogP contribution in [0.25, 0.3) is 0 Å². The Morgan fingerprint density at radius 3 is 2.46 bits per heavy atom. The molecule has 0 saturated heterocycles. The summed E-state index contributed by atoms with van der Waals surface area (Å²) in [5.74, 6) is 0. The van der Waals surface area contributed by atoms with Crippen LogP contribution in [0.15, 0.2) is 12.7 Å². The molecule has 0 rings (SSSR count). The highest BCUT2D eigenvalue weighted by Crippen LogP contribution is 2.05. The Kier molecular flexibility index (Phi) is 11.4. The lowest BCUT2D eigenvalue weighted by atomic mass is 10.1. The summed E-state index contributed by atoms with van der Waals surface area (Å²) < 4.78 is 9.94. The first-order valence-electron chi connectivity index (χ1n) is 5.09. The van der Waals surface area contributed by atoms with E-state index in [0.717, 1.165) is 19.4 Å². The molecule has 0 bridgehead atoms. The van der Waals surface area contributed by atoms with E-state index in [1.54, 1.807) is 7.11 Å². The summed E-state index contributed by atoms with van der Waals surface area (Å²) in [6.07, 6.45) is 9.46. The van der Waals surface area contributed by atoms with Gasteiger partial charge in [-0.3, -0.25) is 0 Å². The van der Waals surface area contributed by atoms with Crippen molar-refractivity contribution in [2.24, 2.45) is 0 Å². The first-order valence-corrected chi connectivity index (χ1v) is 5.09. The van der Waals surface area contributed by atoms with Crippen LogP contribution in [0.4, 0.5) is 0 Å². The van der Waals surface area contributed by atoms with Crippen molar-refractivity contribution < 1.29 is 9.47 Å². The van der Waals surface area contributed by atoms with Gasteiger partial charge >= 0.3 is 0 Å². The number of methoxy groups -OCH3 is 1. The van der Waals surface area contributed by atoms with E-state index in [1.807, 2.05) is 6.08 Å². The Morgan fingerprint density at radius 2 is 1.77 bits per heavy atom. The predicted molar refractivity (Wildman–Crippen MR) is 55.7 cm³/mol. The molecule has 2 heteroatoms. The second kappa shape index (κ2) is 11.7. The van der Waals surface area contributed by atoms with E-state index in [-0.39, 0.29) is 0 Å². The molecule has 78 valence electrons. The van der Waals surface area contributed by atoms with E-state index in [0.29, 0.717) is 6.79 Å². The van der Waals surface area contributed by atoms with Gasteiger partial charge in [-0.1, -0.05) is 25.3 Å². The largest absolute Gasteiger partial charge is 0.359 e. The second-order valence-corrected chi connectivity index (χ2v) is 3.16. The van der Waals surface area contributed by atoms with Crippen LogP contribution in [0.2, 0.25) is 0 Å². The summed E-state index contributed by atoms with van der Waals surface area (Å²) >= 11 is 0. The molecular formula is C11H22O2. The van der Waals surface area contributed by atoms with Gasteiger partial charge in [0.05, 0.1) is 0 Å². The molecule has 0 atom stereocenters. The van der Waals surface area contributed by atoms with E-state index in [4.69, 9.17) is 9.47 Å². The van der Waals surface area contributed by atoms with Crippen LogP contribution in [-0.2, 0) is 9.47 Å². The Hall–Kier alpha value is -0.340. The Labute approximate surface area is 81.9 Å². The molecule has 0 aromatic rings. The lowest BCUT2D eigenvalue weighted by Gasteiger charge is -2.02. The number of rotatable bonds is 10. The highest BCUT2D eigenvalue weighted by Gasteiger charge is 1.90. The van der Waals surface area contributed by atoms with Crippen LogP contribution in [0.3, 0.4) is 0 Å². The van der Waals surface area contributed by atoms with Gasteiger partial charge in [-0.15, -0.1) is 6.58 Å². The first kappa shape index (κ1) is 12.7. The molecule has 0 saturated carbocycles. The fourth-order valence-electron chi connectivity index (χ4n) is 1.17. The van der Waals surface area contributed by atoms with Crippen LogP contribution in [-0.4, -0.2) is 20.5 Å². The minimum absolute atomic E-state index is 0.427. The van der Waals surface area contributed by atoms with Crippen molar-refractivity contribution in [2.45, 2.75) is 38.5 Å². The highest BCUT2D eigenvalue weighted by atomic mass is 16.7. The summed E-state index contributed by atoms with van der Waals surface area (Å²) in [5.41, 5.74) is 0. The maximum atomic E-state index is 5.17. The van der Waals surface area contributed by atoms with E-state index >= 15 is 0 Å².